The number of benzene rings is 1. The van der Waals surface area contributed by atoms with Crippen molar-refractivity contribution in [3.8, 4) is 0 Å². The monoisotopic (exact) mass is 372 g/mol. The Bertz CT molecular complexity index is 835. The SMILES string of the molecule is C[NH+](CC(=O)NC1CC1)Cn1nc(C2CC2)n(Cc2ccccc2)c1=S. The maximum atomic E-state index is 12.0. The van der Waals surface area contributed by atoms with E-state index in [-0.39, 0.29) is 5.91 Å². The number of quaternary nitrogens is 1. The molecular weight excluding hydrogens is 346 g/mol. The minimum atomic E-state index is 0.114. The lowest BCUT2D eigenvalue weighted by atomic mass is 10.2. The Morgan fingerprint density at radius 3 is 2.65 bits per heavy atom. The maximum Gasteiger partial charge on any atom is 0.275 e. The number of nitrogens with zero attached hydrogens (tertiary/aromatic N) is 3. The highest BCUT2D eigenvalue weighted by molar-refractivity contribution is 7.71. The largest absolute Gasteiger partial charge is 0.348 e. The average Bonchev–Trinajstić information content (AvgIpc) is 3.52. The van der Waals surface area contributed by atoms with Crippen LogP contribution in [0.3, 0.4) is 0 Å². The van der Waals surface area contributed by atoms with Crippen molar-refractivity contribution < 1.29 is 9.69 Å². The third kappa shape index (κ3) is 4.22. The highest BCUT2D eigenvalue weighted by atomic mass is 32.1. The first-order chi connectivity index (χ1) is 12.6. The minimum Gasteiger partial charge on any atom is -0.348 e. The summed E-state index contributed by atoms with van der Waals surface area (Å²) < 4.78 is 4.81. The molecule has 6 nitrogen and oxygen atoms in total. The van der Waals surface area contributed by atoms with E-state index in [1.807, 2.05) is 17.8 Å². The van der Waals surface area contributed by atoms with Gasteiger partial charge in [-0.1, -0.05) is 30.3 Å². The molecule has 26 heavy (non-hydrogen) atoms. The Kier molecular flexibility index (Phi) is 4.91. The Morgan fingerprint density at radius 2 is 2.00 bits per heavy atom. The van der Waals surface area contributed by atoms with Crippen LogP contribution in [0.2, 0.25) is 0 Å². The van der Waals surface area contributed by atoms with E-state index in [2.05, 4.69) is 34.1 Å². The van der Waals surface area contributed by atoms with Gasteiger partial charge in [-0.2, -0.15) is 9.78 Å². The smallest absolute Gasteiger partial charge is 0.275 e. The van der Waals surface area contributed by atoms with Gasteiger partial charge in [0.05, 0.1) is 13.6 Å². The Balaban J connectivity index is 1.48. The van der Waals surface area contributed by atoms with Crippen molar-refractivity contribution in [3.63, 3.8) is 0 Å². The third-order valence-electron chi connectivity index (χ3n) is 4.90. The van der Waals surface area contributed by atoms with Crippen LogP contribution in [0.15, 0.2) is 30.3 Å². The summed E-state index contributed by atoms with van der Waals surface area (Å²) in [6.45, 7) is 1.81. The second kappa shape index (κ2) is 7.32. The van der Waals surface area contributed by atoms with Gasteiger partial charge in [-0.15, -0.1) is 0 Å². The van der Waals surface area contributed by atoms with Crippen LogP contribution < -0.4 is 10.2 Å². The summed E-state index contributed by atoms with van der Waals surface area (Å²) in [4.78, 5) is 13.1. The summed E-state index contributed by atoms with van der Waals surface area (Å²) in [5.74, 6) is 1.73. The second-order valence-corrected chi connectivity index (χ2v) is 7.99. The van der Waals surface area contributed by atoms with Gasteiger partial charge in [0, 0.05) is 12.0 Å². The fourth-order valence-electron chi connectivity index (χ4n) is 3.21. The standard InChI is InChI=1S/C19H25N5OS/c1-22(12-17(25)20-16-9-10-16)13-24-19(26)23(18(21-24)15-7-8-15)11-14-5-3-2-4-6-14/h2-6,15-16H,7-13H2,1H3,(H,20,25)/p+1. The van der Waals surface area contributed by atoms with E-state index < -0.39 is 0 Å². The molecule has 1 amide bonds. The first-order valence-electron chi connectivity index (χ1n) is 9.42. The first kappa shape index (κ1) is 17.4. The lowest BCUT2D eigenvalue weighted by Crippen LogP contribution is -3.09. The summed E-state index contributed by atoms with van der Waals surface area (Å²) in [6.07, 6.45) is 4.61. The molecule has 1 aromatic heterocycles. The van der Waals surface area contributed by atoms with Crippen LogP contribution in [0.25, 0.3) is 0 Å². The van der Waals surface area contributed by atoms with Crippen LogP contribution in [0.1, 0.15) is 43.0 Å². The zero-order valence-corrected chi connectivity index (χ0v) is 16.0. The molecule has 1 atom stereocenters. The van der Waals surface area contributed by atoms with Crippen molar-refractivity contribution in [1.29, 1.82) is 0 Å². The van der Waals surface area contributed by atoms with Crippen LogP contribution in [-0.4, -0.2) is 39.9 Å². The van der Waals surface area contributed by atoms with Gasteiger partial charge in [0.25, 0.3) is 5.91 Å². The number of hydrogen-bond donors (Lipinski definition) is 2. The Morgan fingerprint density at radius 1 is 1.27 bits per heavy atom. The van der Waals surface area contributed by atoms with E-state index in [9.17, 15) is 4.79 Å². The molecule has 0 aliphatic heterocycles. The van der Waals surface area contributed by atoms with Crippen molar-refractivity contribution >= 4 is 18.1 Å². The molecule has 0 radical (unpaired) electrons. The summed E-state index contributed by atoms with van der Waals surface area (Å²) in [5, 5.41) is 7.85. The summed E-state index contributed by atoms with van der Waals surface area (Å²) in [6, 6.07) is 10.8. The zero-order chi connectivity index (χ0) is 18.1. The number of carbonyl (C=O) groups is 1. The van der Waals surface area contributed by atoms with Gasteiger partial charge in [0.1, 0.15) is 5.82 Å². The van der Waals surface area contributed by atoms with Gasteiger partial charge >= 0.3 is 0 Å². The second-order valence-electron chi connectivity index (χ2n) is 7.62. The predicted octanol–water partition coefficient (Wildman–Crippen LogP) is 1.09. The predicted molar refractivity (Wildman–Crippen MR) is 101 cm³/mol. The summed E-state index contributed by atoms with van der Waals surface area (Å²) in [5.41, 5.74) is 1.23. The Labute approximate surface area is 158 Å². The molecule has 1 unspecified atom stereocenters. The lowest BCUT2D eigenvalue weighted by molar-refractivity contribution is -0.895. The van der Waals surface area contributed by atoms with E-state index in [4.69, 9.17) is 17.3 Å². The molecule has 7 heteroatoms. The van der Waals surface area contributed by atoms with Gasteiger partial charge in [-0.3, -0.25) is 9.36 Å². The van der Waals surface area contributed by atoms with Gasteiger partial charge in [-0.05, 0) is 43.5 Å². The van der Waals surface area contributed by atoms with Crippen molar-refractivity contribution in [3.05, 3.63) is 46.5 Å². The van der Waals surface area contributed by atoms with Crippen LogP contribution in [-0.2, 0) is 18.0 Å². The molecule has 2 aliphatic rings. The molecule has 1 aromatic carbocycles. The van der Waals surface area contributed by atoms with E-state index in [1.54, 1.807) is 0 Å². The molecule has 2 fully saturated rings. The number of rotatable bonds is 8. The zero-order valence-electron chi connectivity index (χ0n) is 15.1. The molecular formula is C19H26N5OS+. The number of hydrogen-bond acceptors (Lipinski definition) is 3. The quantitative estimate of drug-likeness (QED) is 0.682. The van der Waals surface area contributed by atoms with Gasteiger partial charge in [-0.25, -0.2) is 0 Å². The molecule has 0 saturated heterocycles. The number of carbonyl (C=O) groups excluding carboxylic acids is 1. The fourth-order valence-corrected chi connectivity index (χ4v) is 3.47. The number of likely N-dealkylation sites (N-methyl/N-ethyl adjacent to an activating group) is 1. The maximum absolute atomic E-state index is 12.0. The summed E-state index contributed by atoms with van der Waals surface area (Å²) >= 11 is 5.72. The van der Waals surface area contributed by atoms with Gasteiger partial charge in [0.15, 0.2) is 13.2 Å². The first-order valence-corrected chi connectivity index (χ1v) is 9.83. The van der Waals surface area contributed by atoms with Gasteiger partial charge in [0.2, 0.25) is 4.77 Å². The summed E-state index contributed by atoms with van der Waals surface area (Å²) in [7, 11) is 2.02. The van der Waals surface area contributed by atoms with Gasteiger partial charge < -0.3 is 10.2 Å². The van der Waals surface area contributed by atoms with E-state index in [0.29, 0.717) is 25.2 Å². The molecule has 2 aliphatic carbocycles. The van der Waals surface area contributed by atoms with Crippen LogP contribution >= 0.6 is 12.2 Å². The molecule has 0 spiro atoms. The van der Waals surface area contributed by atoms with Crippen LogP contribution in [0.4, 0.5) is 0 Å². The molecule has 138 valence electrons. The molecule has 2 saturated carbocycles. The average molecular weight is 373 g/mol. The number of aromatic nitrogens is 3. The highest BCUT2D eigenvalue weighted by Gasteiger charge is 2.31. The van der Waals surface area contributed by atoms with Crippen LogP contribution in [0, 0.1) is 4.77 Å². The van der Waals surface area contributed by atoms with Crippen molar-refractivity contribution in [2.24, 2.45) is 0 Å². The Hall–Kier alpha value is -1.99. The number of amides is 1. The lowest BCUT2D eigenvalue weighted by Gasteiger charge is -2.13. The molecule has 4 rings (SSSR count). The van der Waals surface area contributed by atoms with E-state index >= 15 is 0 Å². The highest BCUT2D eigenvalue weighted by Crippen LogP contribution is 2.39. The third-order valence-corrected chi connectivity index (χ3v) is 5.33. The molecule has 2 N–H and O–H groups in total. The molecule has 0 bridgehead atoms. The van der Waals surface area contributed by atoms with E-state index in [0.717, 1.165) is 34.9 Å². The topological polar surface area (TPSA) is 56.3 Å². The van der Waals surface area contributed by atoms with Crippen molar-refractivity contribution in [2.45, 2.75) is 50.9 Å². The van der Waals surface area contributed by atoms with Crippen molar-refractivity contribution in [2.75, 3.05) is 13.6 Å². The fraction of sp³-hybridized carbons (Fsp3) is 0.526. The molecule has 2 aromatic rings. The normalized spacial score (nSPS) is 17.9. The van der Waals surface area contributed by atoms with Crippen LogP contribution in [0.5, 0.6) is 0 Å². The number of nitrogens with one attached hydrogen (secondary N) is 2. The van der Waals surface area contributed by atoms with E-state index in [1.165, 1.54) is 18.4 Å². The minimum absolute atomic E-state index is 0.114. The van der Waals surface area contributed by atoms with Crippen molar-refractivity contribution in [1.82, 2.24) is 19.7 Å². The molecule has 1 heterocycles.